The van der Waals surface area contributed by atoms with Crippen molar-refractivity contribution >= 4 is 0 Å². The molecule has 12 nitrogen and oxygen atoms in total. The summed E-state index contributed by atoms with van der Waals surface area (Å²) in [7, 11) is 6.45. The van der Waals surface area contributed by atoms with Crippen molar-refractivity contribution in [2.75, 3.05) is 28.4 Å². The molecule has 0 spiro atoms. The van der Waals surface area contributed by atoms with Crippen LogP contribution in [0.4, 0.5) is 0 Å². The molecule has 0 aliphatic heterocycles. The number of hydrogen-bond acceptors (Lipinski definition) is 10. The van der Waals surface area contributed by atoms with Gasteiger partial charge in [-0.15, -0.1) is 0 Å². The molecule has 4 heterocycles. The minimum absolute atomic E-state index is 0.534. The molecule has 212 valence electrons. The molecule has 6 aromatic rings. The first-order chi connectivity index (χ1) is 20.6. The number of H-pyrrole nitrogens is 2. The smallest absolute Gasteiger partial charge is 0.185 e. The number of hydrogen-bond donors (Lipinski definition) is 2. The van der Waals surface area contributed by atoms with Gasteiger partial charge >= 0.3 is 0 Å². The molecule has 0 aliphatic rings. The Morgan fingerprint density at radius 2 is 0.976 bits per heavy atom. The Labute approximate surface area is 241 Å². The maximum absolute atomic E-state index is 5.35. The summed E-state index contributed by atoms with van der Waals surface area (Å²) >= 11 is 0. The molecule has 0 unspecified atom stereocenters. The van der Waals surface area contributed by atoms with Crippen LogP contribution < -0.4 is 18.9 Å². The van der Waals surface area contributed by atoms with Crippen LogP contribution in [0.1, 0.15) is 0 Å². The fraction of sp³-hybridized carbons (Fsp3) is 0.133. The molecule has 0 saturated carbocycles. The third-order valence-corrected chi connectivity index (χ3v) is 6.08. The quantitative estimate of drug-likeness (QED) is 0.256. The van der Waals surface area contributed by atoms with Gasteiger partial charge in [-0.3, -0.25) is 20.2 Å². The molecule has 0 amide bonds. The highest BCUT2D eigenvalue weighted by Gasteiger charge is 2.15. The van der Waals surface area contributed by atoms with Crippen LogP contribution in [0, 0.1) is 0 Å². The highest BCUT2D eigenvalue weighted by Crippen LogP contribution is 2.33. The minimum Gasteiger partial charge on any atom is -0.497 e. The highest BCUT2D eigenvalue weighted by molar-refractivity contribution is 5.69. The zero-order chi connectivity index (χ0) is 29.3. The van der Waals surface area contributed by atoms with E-state index in [1.165, 1.54) is 0 Å². The lowest BCUT2D eigenvalue weighted by molar-refractivity contribution is 0.404. The van der Waals surface area contributed by atoms with Crippen LogP contribution in [0.15, 0.2) is 85.2 Å². The van der Waals surface area contributed by atoms with Gasteiger partial charge in [-0.05, 0) is 60.7 Å². The minimum atomic E-state index is 0.534. The van der Waals surface area contributed by atoms with Gasteiger partial charge in [0.2, 0.25) is 0 Å². The van der Waals surface area contributed by atoms with Gasteiger partial charge in [-0.25, -0.2) is 9.97 Å². The number of pyridine rings is 2. The number of ether oxygens (including phenoxy) is 4. The number of nitrogens with one attached hydrogen (secondary N) is 2. The Morgan fingerprint density at radius 1 is 0.524 bits per heavy atom. The zero-order valence-electron chi connectivity index (χ0n) is 23.4. The zero-order valence-corrected chi connectivity index (χ0v) is 23.4. The van der Waals surface area contributed by atoms with E-state index in [1.54, 1.807) is 40.8 Å². The van der Waals surface area contributed by atoms with Crippen LogP contribution in [-0.4, -0.2) is 68.8 Å². The lowest BCUT2D eigenvalue weighted by Gasteiger charge is -2.07. The van der Waals surface area contributed by atoms with Crippen LogP contribution in [0.5, 0.6) is 23.0 Å². The van der Waals surface area contributed by atoms with Crippen LogP contribution in [-0.2, 0) is 0 Å². The average Bonchev–Trinajstić information content (AvgIpc) is 3.76. The summed E-state index contributed by atoms with van der Waals surface area (Å²) in [5.74, 6) is 5.08. The van der Waals surface area contributed by atoms with E-state index in [4.69, 9.17) is 18.9 Å². The Bertz CT molecular complexity index is 1610. The maximum atomic E-state index is 5.35. The van der Waals surface area contributed by atoms with Crippen LogP contribution in [0.2, 0.25) is 0 Å². The molecule has 42 heavy (non-hydrogen) atoms. The predicted octanol–water partition coefficient (Wildman–Crippen LogP) is 5.10. The molecule has 2 N–H and O–H groups in total. The molecule has 0 atom stereocenters. The fourth-order valence-electron chi connectivity index (χ4n) is 3.98. The Kier molecular flexibility index (Phi) is 8.63. The van der Waals surface area contributed by atoms with Crippen molar-refractivity contribution in [2.24, 2.45) is 0 Å². The van der Waals surface area contributed by atoms with Crippen LogP contribution in [0.25, 0.3) is 45.8 Å². The number of methoxy groups -OCH3 is 4. The summed E-state index contributed by atoms with van der Waals surface area (Å²) in [6.07, 6.45) is 3.42. The van der Waals surface area contributed by atoms with E-state index in [9.17, 15) is 0 Å². The monoisotopic (exact) mass is 564 g/mol. The van der Waals surface area contributed by atoms with E-state index < -0.39 is 0 Å². The molecular formula is C30H28N8O4. The number of aromatic nitrogens is 8. The van der Waals surface area contributed by atoms with Crippen LogP contribution in [0.3, 0.4) is 0 Å². The van der Waals surface area contributed by atoms with E-state index >= 15 is 0 Å². The molecule has 0 fully saturated rings. The van der Waals surface area contributed by atoms with Gasteiger partial charge in [0, 0.05) is 12.4 Å². The maximum Gasteiger partial charge on any atom is 0.185 e. The topological polar surface area (TPSA) is 146 Å². The van der Waals surface area contributed by atoms with E-state index in [0.29, 0.717) is 34.8 Å². The van der Waals surface area contributed by atoms with E-state index in [0.717, 1.165) is 34.0 Å². The summed E-state index contributed by atoms with van der Waals surface area (Å²) in [6, 6.07) is 22.2. The normalized spacial score (nSPS) is 10.4. The first kappa shape index (κ1) is 27.8. The highest BCUT2D eigenvalue weighted by atomic mass is 16.5. The predicted molar refractivity (Wildman–Crippen MR) is 156 cm³/mol. The summed E-state index contributed by atoms with van der Waals surface area (Å²) < 4.78 is 21.2. The van der Waals surface area contributed by atoms with Crippen LogP contribution >= 0.6 is 0 Å². The van der Waals surface area contributed by atoms with Crippen molar-refractivity contribution in [3.8, 4) is 68.8 Å². The fourth-order valence-corrected chi connectivity index (χ4v) is 3.98. The van der Waals surface area contributed by atoms with Crippen molar-refractivity contribution in [2.45, 2.75) is 0 Å². The molecule has 0 saturated heterocycles. The third kappa shape index (κ3) is 6.17. The van der Waals surface area contributed by atoms with Gasteiger partial charge in [-0.1, -0.05) is 12.1 Å². The first-order valence-electron chi connectivity index (χ1n) is 12.8. The van der Waals surface area contributed by atoms with Gasteiger partial charge in [-0.2, -0.15) is 10.2 Å². The van der Waals surface area contributed by atoms with E-state index in [1.807, 2.05) is 72.8 Å². The second-order valence-corrected chi connectivity index (χ2v) is 8.58. The summed E-state index contributed by atoms with van der Waals surface area (Å²) in [5, 5.41) is 14.2. The molecular weight excluding hydrogens is 536 g/mol. The summed E-state index contributed by atoms with van der Waals surface area (Å²) in [4.78, 5) is 17.4. The Hall–Kier alpha value is -5.78. The first-order valence-corrected chi connectivity index (χ1v) is 12.8. The average molecular weight is 565 g/mol. The molecule has 2 aromatic carbocycles. The molecule has 0 bridgehead atoms. The number of aromatic amines is 2. The Morgan fingerprint density at radius 3 is 1.33 bits per heavy atom. The molecule has 0 radical (unpaired) electrons. The van der Waals surface area contributed by atoms with Crippen molar-refractivity contribution in [1.29, 1.82) is 0 Å². The van der Waals surface area contributed by atoms with Gasteiger partial charge in [0.05, 0.1) is 39.6 Å². The lowest BCUT2D eigenvalue weighted by atomic mass is 10.2. The summed E-state index contributed by atoms with van der Waals surface area (Å²) in [6.45, 7) is 0. The Balaban J connectivity index is 0.000000168. The SMILES string of the molecule is COc1ccc(OC)c(-c2n[nH]c(-c3ccccn3)n2)c1.COc1ccc(OC)c(-c2n[nH]c(-c3ccccn3)n2)c1. The van der Waals surface area contributed by atoms with Gasteiger partial charge in [0.15, 0.2) is 23.3 Å². The molecule has 0 aliphatic carbocycles. The lowest BCUT2D eigenvalue weighted by Crippen LogP contribution is -1.91. The van der Waals surface area contributed by atoms with Gasteiger partial charge in [0.25, 0.3) is 0 Å². The third-order valence-electron chi connectivity index (χ3n) is 6.08. The number of nitrogens with zero attached hydrogens (tertiary/aromatic N) is 6. The van der Waals surface area contributed by atoms with Crippen molar-refractivity contribution in [3.05, 3.63) is 85.2 Å². The van der Waals surface area contributed by atoms with Gasteiger partial charge in [0.1, 0.15) is 34.4 Å². The largest absolute Gasteiger partial charge is 0.497 e. The second kappa shape index (κ2) is 13.0. The molecule has 6 rings (SSSR count). The van der Waals surface area contributed by atoms with E-state index in [2.05, 4.69) is 40.3 Å². The number of rotatable bonds is 8. The molecule has 12 heteroatoms. The number of benzene rings is 2. The molecule has 4 aromatic heterocycles. The summed E-state index contributed by atoms with van der Waals surface area (Å²) in [5.41, 5.74) is 2.99. The van der Waals surface area contributed by atoms with Crippen molar-refractivity contribution in [1.82, 2.24) is 40.3 Å². The van der Waals surface area contributed by atoms with Crippen molar-refractivity contribution < 1.29 is 18.9 Å². The second-order valence-electron chi connectivity index (χ2n) is 8.58. The standard InChI is InChI=1S/2C15H14N4O2/c2*1-20-10-6-7-13(21-2)11(9-10)14-17-15(19-18-14)12-5-3-4-8-16-12/h2*3-9H,1-2H3,(H,17,18,19). The van der Waals surface area contributed by atoms with E-state index in [-0.39, 0.29) is 0 Å². The van der Waals surface area contributed by atoms with Crippen molar-refractivity contribution in [3.63, 3.8) is 0 Å². The van der Waals surface area contributed by atoms with Gasteiger partial charge < -0.3 is 18.9 Å².